The Morgan fingerprint density at radius 1 is 1.04 bits per heavy atom. The highest BCUT2D eigenvalue weighted by Gasteiger charge is 2.05. The zero-order valence-electron chi connectivity index (χ0n) is 13.4. The lowest BCUT2D eigenvalue weighted by Gasteiger charge is -2.09. The Labute approximate surface area is 139 Å². The smallest absolute Gasteiger partial charge is 0.166 e. The Hall–Kier alpha value is -2.93. The second-order valence-corrected chi connectivity index (χ2v) is 5.17. The number of nitrogens with zero attached hydrogens (tertiary/aromatic N) is 3. The first kappa shape index (κ1) is 15.9. The van der Waals surface area contributed by atoms with E-state index in [1.807, 2.05) is 30.3 Å². The number of benzene rings is 1. The molecule has 124 valence electrons. The molecule has 0 atom stereocenters. The van der Waals surface area contributed by atoms with E-state index in [9.17, 15) is 0 Å². The first-order chi connectivity index (χ1) is 11.8. The van der Waals surface area contributed by atoms with Crippen molar-refractivity contribution in [1.29, 1.82) is 0 Å². The third-order valence-corrected chi connectivity index (χ3v) is 3.46. The van der Waals surface area contributed by atoms with Gasteiger partial charge in [0.1, 0.15) is 30.3 Å². The lowest BCUT2D eigenvalue weighted by Crippen LogP contribution is -2.05. The van der Waals surface area contributed by atoms with Gasteiger partial charge in [-0.05, 0) is 29.8 Å². The molecule has 0 amide bonds. The van der Waals surface area contributed by atoms with Gasteiger partial charge in [0.05, 0.1) is 12.0 Å². The summed E-state index contributed by atoms with van der Waals surface area (Å²) in [6.07, 6.45) is 1.48. The van der Waals surface area contributed by atoms with E-state index < -0.39 is 0 Å². The van der Waals surface area contributed by atoms with Gasteiger partial charge in [-0.1, -0.05) is 12.1 Å². The van der Waals surface area contributed by atoms with Crippen LogP contribution in [0.4, 0.5) is 11.6 Å². The zero-order valence-corrected chi connectivity index (χ0v) is 13.4. The van der Waals surface area contributed by atoms with Gasteiger partial charge >= 0.3 is 0 Å². The summed E-state index contributed by atoms with van der Waals surface area (Å²) in [5, 5.41) is 4.14. The van der Waals surface area contributed by atoms with E-state index in [1.165, 1.54) is 6.33 Å². The molecule has 2 aromatic heterocycles. The molecular formula is C17H19N5O2. The number of pyridine rings is 1. The van der Waals surface area contributed by atoms with Gasteiger partial charge < -0.3 is 20.5 Å². The number of anilines is 2. The number of nitrogen functional groups attached to an aromatic ring is 1. The van der Waals surface area contributed by atoms with Crippen molar-refractivity contribution in [2.75, 3.05) is 31.4 Å². The normalized spacial score (nSPS) is 10.7. The molecule has 0 unspecified atom stereocenters. The fraction of sp³-hybridized carbons (Fsp3) is 0.235. The molecule has 7 nitrogen and oxygen atoms in total. The monoisotopic (exact) mass is 325 g/mol. The third-order valence-electron chi connectivity index (χ3n) is 3.46. The fourth-order valence-corrected chi connectivity index (χ4v) is 2.23. The predicted octanol–water partition coefficient (Wildman–Crippen LogP) is 2.24. The molecule has 0 aliphatic carbocycles. The van der Waals surface area contributed by atoms with E-state index in [0.717, 1.165) is 22.5 Å². The molecule has 24 heavy (non-hydrogen) atoms. The van der Waals surface area contributed by atoms with Crippen LogP contribution >= 0.6 is 0 Å². The van der Waals surface area contributed by atoms with Gasteiger partial charge in [0.2, 0.25) is 0 Å². The maximum absolute atomic E-state index is 5.69. The summed E-state index contributed by atoms with van der Waals surface area (Å²) in [6, 6.07) is 11.5. The SMILES string of the molecule is COCCOc1ccc(CNc2ncnc3nc(N)ccc23)cc1. The Morgan fingerprint density at radius 3 is 2.67 bits per heavy atom. The van der Waals surface area contributed by atoms with Crippen molar-refractivity contribution in [3.8, 4) is 5.75 Å². The van der Waals surface area contributed by atoms with E-state index >= 15 is 0 Å². The summed E-state index contributed by atoms with van der Waals surface area (Å²) >= 11 is 0. The molecule has 2 heterocycles. The average molecular weight is 325 g/mol. The van der Waals surface area contributed by atoms with Gasteiger partial charge in [-0.25, -0.2) is 15.0 Å². The first-order valence-electron chi connectivity index (χ1n) is 7.58. The lowest BCUT2D eigenvalue weighted by atomic mass is 10.2. The Balaban J connectivity index is 1.65. The van der Waals surface area contributed by atoms with Crippen LogP contribution in [0.15, 0.2) is 42.7 Å². The lowest BCUT2D eigenvalue weighted by molar-refractivity contribution is 0.146. The van der Waals surface area contributed by atoms with E-state index in [0.29, 0.717) is 31.2 Å². The number of ether oxygens (including phenoxy) is 2. The zero-order chi connectivity index (χ0) is 16.8. The van der Waals surface area contributed by atoms with Gasteiger partial charge in [0.15, 0.2) is 5.65 Å². The summed E-state index contributed by atoms with van der Waals surface area (Å²) in [6.45, 7) is 1.74. The quantitative estimate of drug-likeness (QED) is 0.643. The van der Waals surface area contributed by atoms with Crippen LogP contribution in [0.25, 0.3) is 11.0 Å². The number of nitrogens with one attached hydrogen (secondary N) is 1. The van der Waals surface area contributed by atoms with Crippen molar-refractivity contribution in [2.24, 2.45) is 0 Å². The number of hydrogen-bond acceptors (Lipinski definition) is 7. The first-order valence-corrected chi connectivity index (χ1v) is 7.58. The van der Waals surface area contributed by atoms with Crippen LogP contribution in [0.3, 0.4) is 0 Å². The summed E-state index contributed by atoms with van der Waals surface area (Å²) in [7, 11) is 1.65. The van der Waals surface area contributed by atoms with E-state index in [2.05, 4.69) is 20.3 Å². The van der Waals surface area contributed by atoms with Crippen molar-refractivity contribution in [1.82, 2.24) is 15.0 Å². The highest BCUT2D eigenvalue weighted by atomic mass is 16.5. The number of nitrogens with two attached hydrogens (primary N) is 1. The molecular weight excluding hydrogens is 306 g/mol. The maximum Gasteiger partial charge on any atom is 0.166 e. The van der Waals surface area contributed by atoms with Gasteiger partial charge in [0.25, 0.3) is 0 Å². The van der Waals surface area contributed by atoms with Crippen LogP contribution < -0.4 is 15.8 Å². The third kappa shape index (κ3) is 3.88. The number of methoxy groups -OCH3 is 1. The summed E-state index contributed by atoms with van der Waals surface area (Å²) in [4.78, 5) is 12.6. The van der Waals surface area contributed by atoms with Crippen LogP contribution in [-0.2, 0) is 11.3 Å². The van der Waals surface area contributed by atoms with E-state index in [1.54, 1.807) is 13.2 Å². The largest absolute Gasteiger partial charge is 0.491 e. The highest BCUT2D eigenvalue weighted by molar-refractivity contribution is 5.86. The average Bonchev–Trinajstić information content (AvgIpc) is 2.61. The Morgan fingerprint density at radius 2 is 1.88 bits per heavy atom. The van der Waals surface area contributed by atoms with Crippen LogP contribution in [0.5, 0.6) is 5.75 Å². The minimum absolute atomic E-state index is 0.441. The molecule has 0 aliphatic heterocycles. The van der Waals surface area contributed by atoms with Crippen molar-refractivity contribution < 1.29 is 9.47 Å². The van der Waals surface area contributed by atoms with Crippen molar-refractivity contribution >= 4 is 22.7 Å². The fourth-order valence-electron chi connectivity index (χ4n) is 2.23. The molecule has 0 saturated carbocycles. The van der Waals surface area contributed by atoms with Gasteiger partial charge in [0, 0.05) is 13.7 Å². The molecule has 3 N–H and O–H groups in total. The summed E-state index contributed by atoms with van der Waals surface area (Å²) in [5.74, 6) is 1.99. The van der Waals surface area contributed by atoms with Crippen molar-refractivity contribution in [2.45, 2.75) is 6.54 Å². The van der Waals surface area contributed by atoms with E-state index in [-0.39, 0.29) is 0 Å². The topological polar surface area (TPSA) is 95.2 Å². The maximum atomic E-state index is 5.69. The standard InChI is InChI=1S/C17H19N5O2/c1-23-8-9-24-13-4-2-12(3-5-13)10-19-16-14-6-7-15(18)22-17(14)21-11-20-16/h2-7,11H,8-10H2,1H3,(H3,18,19,20,21,22). The molecule has 0 bridgehead atoms. The Kier molecular flexibility index (Phi) is 5.02. The molecule has 0 radical (unpaired) electrons. The number of fused-ring (bicyclic) bond motifs is 1. The molecule has 7 heteroatoms. The molecule has 0 aliphatic rings. The molecule has 3 aromatic rings. The second-order valence-electron chi connectivity index (χ2n) is 5.17. The van der Waals surface area contributed by atoms with Crippen molar-refractivity contribution in [3.05, 3.63) is 48.3 Å². The minimum Gasteiger partial charge on any atom is -0.491 e. The Bertz CT molecular complexity index is 808. The summed E-state index contributed by atoms with van der Waals surface area (Å²) in [5.41, 5.74) is 7.38. The van der Waals surface area contributed by atoms with Crippen LogP contribution in [0.1, 0.15) is 5.56 Å². The molecule has 0 saturated heterocycles. The van der Waals surface area contributed by atoms with Gasteiger partial charge in [-0.2, -0.15) is 0 Å². The highest BCUT2D eigenvalue weighted by Crippen LogP contribution is 2.20. The molecule has 3 rings (SSSR count). The van der Waals surface area contributed by atoms with Crippen LogP contribution in [0, 0.1) is 0 Å². The van der Waals surface area contributed by atoms with E-state index in [4.69, 9.17) is 15.2 Å². The summed E-state index contributed by atoms with van der Waals surface area (Å²) < 4.78 is 10.5. The molecule has 1 aromatic carbocycles. The number of rotatable bonds is 7. The van der Waals surface area contributed by atoms with Gasteiger partial charge in [-0.3, -0.25) is 0 Å². The molecule has 0 fully saturated rings. The van der Waals surface area contributed by atoms with Crippen LogP contribution in [0.2, 0.25) is 0 Å². The number of hydrogen-bond donors (Lipinski definition) is 2. The predicted molar refractivity (Wildman–Crippen MR) is 92.9 cm³/mol. The minimum atomic E-state index is 0.441. The second kappa shape index (κ2) is 7.56. The van der Waals surface area contributed by atoms with Crippen molar-refractivity contribution in [3.63, 3.8) is 0 Å². The van der Waals surface area contributed by atoms with Crippen LogP contribution in [-0.4, -0.2) is 35.3 Å². The number of aromatic nitrogens is 3. The van der Waals surface area contributed by atoms with Gasteiger partial charge in [-0.15, -0.1) is 0 Å². The molecule has 0 spiro atoms.